The van der Waals surface area contributed by atoms with Gasteiger partial charge in [0.05, 0.1) is 18.8 Å². The maximum Gasteiger partial charge on any atom is 0.293 e. The number of amides is 1. The number of aromatic amines is 1. The van der Waals surface area contributed by atoms with Gasteiger partial charge in [-0.2, -0.15) is 0 Å². The zero-order chi connectivity index (χ0) is 18.0. The van der Waals surface area contributed by atoms with Crippen LogP contribution in [0.15, 0.2) is 11.0 Å². The minimum Gasteiger partial charge on any atom is -0.490 e. The van der Waals surface area contributed by atoms with Gasteiger partial charge in [0.15, 0.2) is 0 Å². The van der Waals surface area contributed by atoms with Crippen molar-refractivity contribution < 1.29 is 9.53 Å². The smallest absolute Gasteiger partial charge is 0.293 e. The van der Waals surface area contributed by atoms with Crippen molar-refractivity contribution in [3.8, 4) is 5.75 Å². The van der Waals surface area contributed by atoms with Gasteiger partial charge in [0, 0.05) is 5.92 Å². The summed E-state index contributed by atoms with van der Waals surface area (Å²) in [7, 11) is 1.43. The molecule has 1 amide bonds. The average Bonchev–Trinajstić information content (AvgIpc) is 2.60. The maximum atomic E-state index is 12.8. The molecule has 1 aromatic rings. The number of carbonyl (C=O) groups is 1. The number of hydrogen-bond acceptors (Lipinski definition) is 4. The Morgan fingerprint density at radius 1 is 1.24 bits per heavy atom. The Balaban J connectivity index is 1.67. The number of nitrogens with one attached hydrogen (secondary N) is 2. The predicted octanol–water partition coefficient (Wildman–Crippen LogP) is 2.74. The second-order valence-corrected chi connectivity index (χ2v) is 8.06. The molecule has 0 radical (unpaired) electrons. The van der Waals surface area contributed by atoms with E-state index in [1.54, 1.807) is 0 Å². The van der Waals surface area contributed by atoms with Crippen molar-refractivity contribution in [3.05, 3.63) is 22.4 Å². The van der Waals surface area contributed by atoms with E-state index in [-0.39, 0.29) is 23.1 Å². The second-order valence-electron chi connectivity index (χ2n) is 8.06. The summed E-state index contributed by atoms with van der Waals surface area (Å²) < 4.78 is 4.95. The van der Waals surface area contributed by atoms with E-state index in [0.717, 1.165) is 18.8 Å². The summed E-state index contributed by atoms with van der Waals surface area (Å²) in [6.45, 7) is 3.73. The number of methoxy groups -OCH3 is 1. The molecule has 1 aromatic heterocycles. The molecule has 6 nitrogen and oxygen atoms in total. The van der Waals surface area contributed by atoms with E-state index >= 15 is 0 Å². The molecule has 0 aliphatic heterocycles. The van der Waals surface area contributed by atoms with Gasteiger partial charge in [-0.25, -0.2) is 4.98 Å². The van der Waals surface area contributed by atoms with Crippen molar-refractivity contribution in [1.82, 2.24) is 15.3 Å². The molecule has 2 saturated carbocycles. The van der Waals surface area contributed by atoms with Crippen LogP contribution in [-0.4, -0.2) is 23.0 Å². The van der Waals surface area contributed by atoms with Crippen LogP contribution >= 0.6 is 0 Å². The Labute approximate surface area is 148 Å². The lowest BCUT2D eigenvalue weighted by atomic mass is 9.67. The summed E-state index contributed by atoms with van der Waals surface area (Å²) in [6, 6.07) is 0. The Morgan fingerprint density at radius 3 is 2.64 bits per heavy atom. The van der Waals surface area contributed by atoms with Crippen molar-refractivity contribution >= 4 is 5.91 Å². The van der Waals surface area contributed by atoms with Crippen molar-refractivity contribution in [2.75, 3.05) is 7.11 Å². The quantitative estimate of drug-likeness (QED) is 0.877. The molecule has 0 aromatic carbocycles. The van der Waals surface area contributed by atoms with Crippen LogP contribution in [0.25, 0.3) is 0 Å². The lowest BCUT2D eigenvalue weighted by Crippen LogP contribution is -2.47. The van der Waals surface area contributed by atoms with Crippen LogP contribution in [0.2, 0.25) is 0 Å². The molecular formula is C19H29N3O3. The van der Waals surface area contributed by atoms with E-state index in [1.165, 1.54) is 45.4 Å². The van der Waals surface area contributed by atoms with Crippen LogP contribution in [0.4, 0.5) is 0 Å². The first kappa shape index (κ1) is 18.0. The number of carbonyl (C=O) groups excluding carboxylic acids is 1. The zero-order valence-corrected chi connectivity index (χ0v) is 15.4. The monoisotopic (exact) mass is 347 g/mol. The zero-order valence-electron chi connectivity index (χ0n) is 15.4. The molecule has 0 saturated heterocycles. The highest BCUT2D eigenvalue weighted by Gasteiger charge is 2.37. The Morgan fingerprint density at radius 2 is 1.96 bits per heavy atom. The van der Waals surface area contributed by atoms with E-state index < -0.39 is 5.54 Å². The van der Waals surface area contributed by atoms with E-state index in [1.807, 2.05) is 13.8 Å². The molecule has 2 fully saturated rings. The summed E-state index contributed by atoms with van der Waals surface area (Å²) in [4.78, 5) is 31.7. The SMILES string of the molecule is COc1cnc(C(C)(C)NC(=O)C2CCC3CCCCC3C2)[nH]c1=O. The Hall–Kier alpha value is -1.85. The Bertz CT molecular complexity index is 683. The van der Waals surface area contributed by atoms with Gasteiger partial charge in [0.1, 0.15) is 5.82 Å². The topological polar surface area (TPSA) is 84.1 Å². The van der Waals surface area contributed by atoms with Gasteiger partial charge in [-0.05, 0) is 44.9 Å². The number of aromatic nitrogens is 2. The van der Waals surface area contributed by atoms with Crippen LogP contribution in [-0.2, 0) is 10.3 Å². The molecule has 2 aliphatic rings. The van der Waals surface area contributed by atoms with E-state index in [9.17, 15) is 9.59 Å². The molecule has 2 aliphatic carbocycles. The van der Waals surface area contributed by atoms with Gasteiger partial charge in [-0.1, -0.05) is 25.7 Å². The summed E-state index contributed by atoms with van der Waals surface area (Å²) in [5.41, 5.74) is -1.07. The first-order valence-corrected chi connectivity index (χ1v) is 9.36. The lowest BCUT2D eigenvalue weighted by Gasteiger charge is -2.39. The highest BCUT2D eigenvalue weighted by Crippen LogP contribution is 2.42. The molecule has 1 heterocycles. The first-order chi connectivity index (χ1) is 11.9. The molecule has 3 rings (SSSR count). The second kappa shape index (κ2) is 7.18. The number of rotatable bonds is 4. The maximum absolute atomic E-state index is 12.8. The van der Waals surface area contributed by atoms with Crippen LogP contribution in [0, 0.1) is 17.8 Å². The number of fused-ring (bicyclic) bond motifs is 1. The van der Waals surface area contributed by atoms with Crippen molar-refractivity contribution in [1.29, 1.82) is 0 Å². The predicted molar refractivity (Wildman–Crippen MR) is 95.4 cm³/mol. The Kier molecular flexibility index (Phi) is 5.16. The summed E-state index contributed by atoms with van der Waals surface area (Å²) in [6.07, 6.45) is 9.79. The van der Waals surface area contributed by atoms with Gasteiger partial charge >= 0.3 is 0 Å². The third-order valence-electron chi connectivity index (χ3n) is 5.92. The normalized spacial score (nSPS) is 26.6. The van der Waals surface area contributed by atoms with E-state index in [4.69, 9.17) is 4.74 Å². The van der Waals surface area contributed by atoms with Crippen LogP contribution in [0.1, 0.15) is 64.6 Å². The highest BCUT2D eigenvalue weighted by molar-refractivity contribution is 5.79. The average molecular weight is 347 g/mol. The molecule has 0 bridgehead atoms. The number of ether oxygens (including phenoxy) is 1. The minimum atomic E-state index is -0.730. The van der Waals surface area contributed by atoms with Crippen molar-refractivity contribution in [3.63, 3.8) is 0 Å². The molecule has 6 heteroatoms. The van der Waals surface area contributed by atoms with Crippen molar-refractivity contribution in [2.45, 2.75) is 64.3 Å². The summed E-state index contributed by atoms with van der Waals surface area (Å²) in [5, 5.41) is 3.09. The first-order valence-electron chi connectivity index (χ1n) is 9.36. The van der Waals surface area contributed by atoms with E-state index in [0.29, 0.717) is 11.7 Å². The molecular weight excluding hydrogens is 318 g/mol. The highest BCUT2D eigenvalue weighted by atomic mass is 16.5. The van der Waals surface area contributed by atoms with Gasteiger partial charge in [-0.15, -0.1) is 0 Å². The third-order valence-corrected chi connectivity index (χ3v) is 5.92. The summed E-state index contributed by atoms with van der Waals surface area (Å²) >= 11 is 0. The number of hydrogen-bond donors (Lipinski definition) is 2. The van der Waals surface area contributed by atoms with Gasteiger partial charge in [-0.3, -0.25) is 9.59 Å². The van der Waals surface area contributed by atoms with Crippen LogP contribution in [0.5, 0.6) is 5.75 Å². The number of nitrogens with zero attached hydrogens (tertiary/aromatic N) is 1. The van der Waals surface area contributed by atoms with Gasteiger partial charge in [0.2, 0.25) is 11.7 Å². The lowest BCUT2D eigenvalue weighted by molar-refractivity contribution is -0.129. The fourth-order valence-corrected chi connectivity index (χ4v) is 4.43. The third kappa shape index (κ3) is 3.88. The van der Waals surface area contributed by atoms with Gasteiger partial charge in [0.25, 0.3) is 5.56 Å². The standard InChI is InChI=1S/C19H29N3O3/c1-19(2,18-20-11-15(25-3)17(24)21-18)22-16(23)14-9-8-12-6-4-5-7-13(12)10-14/h11-14H,4-10H2,1-3H3,(H,22,23)(H,20,21,24). The number of H-pyrrole nitrogens is 1. The fraction of sp³-hybridized carbons (Fsp3) is 0.737. The van der Waals surface area contributed by atoms with E-state index in [2.05, 4.69) is 15.3 Å². The molecule has 3 unspecified atom stereocenters. The molecule has 3 atom stereocenters. The minimum absolute atomic E-state index is 0.0728. The van der Waals surface area contributed by atoms with Crippen LogP contribution in [0.3, 0.4) is 0 Å². The molecule has 25 heavy (non-hydrogen) atoms. The fourth-order valence-electron chi connectivity index (χ4n) is 4.43. The van der Waals surface area contributed by atoms with Crippen molar-refractivity contribution in [2.24, 2.45) is 17.8 Å². The van der Waals surface area contributed by atoms with Crippen LogP contribution < -0.4 is 15.6 Å². The molecule has 2 N–H and O–H groups in total. The summed E-state index contributed by atoms with van der Waals surface area (Å²) in [5.74, 6) is 2.29. The largest absolute Gasteiger partial charge is 0.490 e. The molecule has 138 valence electrons. The molecule has 0 spiro atoms. The van der Waals surface area contributed by atoms with Gasteiger partial charge < -0.3 is 15.0 Å².